The molecule has 3 aromatic heterocycles. The standard InChI is InChI=1S/C19H16ClN5OS/c1-2-24-10-8-15(23-24)18(26)25(12-13-5-4-9-21-11-13)19-22-17-14(20)6-3-7-16(17)27-19/h3-11H,2,12H2,1H3. The Morgan fingerprint density at radius 2 is 2.15 bits per heavy atom. The van der Waals surface area contributed by atoms with Crippen LogP contribution in [0.15, 0.2) is 55.0 Å². The van der Waals surface area contributed by atoms with Crippen molar-refractivity contribution < 1.29 is 4.79 Å². The minimum absolute atomic E-state index is 0.207. The monoisotopic (exact) mass is 397 g/mol. The van der Waals surface area contributed by atoms with Gasteiger partial charge in [0.25, 0.3) is 5.91 Å². The van der Waals surface area contributed by atoms with Gasteiger partial charge in [0, 0.05) is 25.1 Å². The summed E-state index contributed by atoms with van der Waals surface area (Å²) >= 11 is 7.70. The van der Waals surface area contributed by atoms with Gasteiger partial charge in [-0.3, -0.25) is 19.4 Å². The highest BCUT2D eigenvalue weighted by atomic mass is 35.5. The molecule has 6 nitrogen and oxygen atoms in total. The summed E-state index contributed by atoms with van der Waals surface area (Å²) in [5.41, 5.74) is 1.99. The van der Waals surface area contributed by atoms with Gasteiger partial charge in [-0.25, -0.2) is 4.98 Å². The van der Waals surface area contributed by atoms with E-state index in [-0.39, 0.29) is 5.91 Å². The Kier molecular flexibility index (Phi) is 4.87. The zero-order chi connectivity index (χ0) is 18.8. The molecular formula is C19H16ClN5OS. The number of carbonyl (C=O) groups is 1. The smallest absolute Gasteiger partial charge is 0.278 e. The van der Waals surface area contributed by atoms with Crippen molar-refractivity contribution in [2.45, 2.75) is 20.0 Å². The van der Waals surface area contributed by atoms with E-state index in [1.54, 1.807) is 40.3 Å². The van der Waals surface area contributed by atoms with E-state index in [9.17, 15) is 4.79 Å². The van der Waals surface area contributed by atoms with Gasteiger partial charge < -0.3 is 0 Å². The van der Waals surface area contributed by atoms with Crippen molar-refractivity contribution in [1.29, 1.82) is 0 Å². The highest BCUT2D eigenvalue weighted by Crippen LogP contribution is 2.34. The van der Waals surface area contributed by atoms with Crippen LogP contribution in [0.25, 0.3) is 10.2 Å². The van der Waals surface area contributed by atoms with Crippen molar-refractivity contribution in [2.24, 2.45) is 0 Å². The number of pyridine rings is 1. The molecule has 0 aliphatic carbocycles. The first-order chi connectivity index (χ1) is 13.2. The fraction of sp³-hybridized carbons (Fsp3) is 0.158. The molecule has 0 fully saturated rings. The Bertz CT molecular complexity index is 1090. The number of amides is 1. The van der Waals surface area contributed by atoms with Gasteiger partial charge in [-0.2, -0.15) is 5.10 Å². The Morgan fingerprint density at radius 3 is 2.85 bits per heavy atom. The predicted octanol–water partition coefficient (Wildman–Crippen LogP) is 4.41. The van der Waals surface area contributed by atoms with Crippen molar-refractivity contribution in [3.63, 3.8) is 0 Å². The molecule has 0 atom stereocenters. The lowest BCUT2D eigenvalue weighted by molar-refractivity contribution is 0.0979. The third-order valence-corrected chi connectivity index (χ3v) is 5.43. The summed E-state index contributed by atoms with van der Waals surface area (Å²) in [6, 6.07) is 11.1. The van der Waals surface area contributed by atoms with Crippen molar-refractivity contribution in [3.8, 4) is 0 Å². The van der Waals surface area contributed by atoms with Crippen LogP contribution in [0.1, 0.15) is 23.0 Å². The van der Waals surface area contributed by atoms with Crippen LogP contribution >= 0.6 is 22.9 Å². The van der Waals surface area contributed by atoms with E-state index in [0.29, 0.717) is 34.5 Å². The molecule has 3 heterocycles. The Balaban J connectivity index is 1.76. The van der Waals surface area contributed by atoms with Gasteiger partial charge in [-0.1, -0.05) is 35.1 Å². The van der Waals surface area contributed by atoms with Crippen molar-refractivity contribution in [3.05, 3.63) is 71.3 Å². The third-order valence-electron chi connectivity index (χ3n) is 4.08. The van der Waals surface area contributed by atoms with Crippen LogP contribution in [0.2, 0.25) is 5.02 Å². The number of thiazole rings is 1. The number of aromatic nitrogens is 4. The SMILES string of the molecule is CCn1ccc(C(=O)N(Cc2cccnc2)c2nc3c(Cl)cccc3s2)n1. The highest BCUT2D eigenvalue weighted by molar-refractivity contribution is 7.22. The highest BCUT2D eigenvalue weighted by Gasteiger charge is 2.24. The van der Waals surface area contributed by atoms with Crippen molar-refractivity contribution >= 4 is 44.2 Å². The van der Waals surface area contributed by atoms with Gasteiger partial charge in [-0.05, 0) is 36.8 Å². The Morgan fingerprint density at radius 1 is 1.26 bits per heavy atom. The maximum Gasteiger partial charge on any atom is 0.280 e. The number of aryl methyl sites for hydroxylation is 1. The van der Waals surface area contributed by atoms with E-state index in [4.69, 9.17) is 11.6 Å². The summed E-state index contributed by atoms with van der Waals surface area (Å²) in [7, 11) is 0. The first-order valence-electron chi connectivity index (χ1n) is 8.45. The lowest BCUT2D eigenvalue weighted by Gasteiger charge is -2.18. The summed E-state index contributed by atoms with van der Waals surface area (Å²) in [5.74, 6) is -0.207. The fourth-order valence-electron chi connectivity index (χ4n) is 2.71. The maximum absolute atomic E-state index is 13.2. The van der Waals surface area contributed by atoms with Gasteiger partial charge in [0.2, 0.25) is 0 Å². The topological polar surface area (TPSA) is 63.9 Å². The number of hydrogen-bond acceptors (Lipinski definition) is 5. The van der Waals surface area contributed by atoms with Gasteiger partial charge in [0.15, 0.2) is 10.8 Å². The van der Waals surface area contributed by atoms with E-state index >= 15 is 0 Å². The van der Waals surface area contributed by atoms with E-state index < -0.39 is 0 Å². The first kappa shape index (κ1) is 17.6. The molecule has 0 unspecified atom stereocenters. The number of para-hydroxylation sites is 1. The average Bonchev–Trinajstić information content (AvgIpc) is 3.34. The number of fused-ring (bicyclic) bond motifs is 1. The maximum atomic E-state index is 13.2. The largest absolute Gasteiger partial charge is 0.280 e. The third kappa shape index (κ3) is 3.56. The normalized spacial score (nSPS) is 11.0. The predicted molar refractivity (Wildman–Crippen MR) is 107 cm³/mol. The lowest BCUT2D eigenvalue weighted by Crippen LogP contribution is -2.30. The Labute approximate surface area is 165 Å². The molecule has 0 aliphatic rings. The number of nitrogens with zero attached hydrogens (tertiary/aromatic N) is 5. The summed E-state index contributed by atoms with van der Waals surface area (Å²) in [6.07, 6.45) is 5.24. The van der Waals surface area contributed by atoms with Crippen LogP contribution in [0.4, 0.5) is 5.13 Å². The Hall–Kier alpha value is -2.77. The number of anilines is 1. The second kappa shape index (κ2) is 7.46. The molecule has 8 heteroatoms. The summed E-state index contributed by atoms with van der Waals surface area (Å²) < 4.78 is 2.66. The minimum Gasteiger partial charge on any atom is -0.278 e. The second-order valence-corrected chi connectivity index (χ2v) is 7.31. The fourth-order valence-corrected chi connectivity index (χ4v) is 3.97. The number of rotatable bonds is 5. The van der Waals surface area contributed by atoms with Crippen LogP contribution in [0, 0.1) is 0 Å². The summed E-state index contributed by atoms with van der Waals surface area (Å²) in [5, 5.41) is 5.50. The van der Waals surface area contributed by atoms with E-state index in [1.165, 1.54) is 11.3 Å². The van der Waals surface area contributed by atoms with Crippen LogP contribution in [-0.2, 0) is 13.1 Å². The van der Waals surface area contributed by atoms with Gasteiger partial charge >= 0.3 is 0 Å². The minimum atomic E-state index is -0.207. The van der Waals surface area contributed by atoms with Gasteiger partial charge in [0.1, 0.15) is 5.52 Å². The number of carbonyl (C=O) groups excluding carboxylic acids is 1. The average molecular weight is 398 g/mol. The van der Waals surface area contributed by atoms with Crippen LogP contribution in [0.5, 0.6) is 0 Å². The molecule has 1 amide bonds. The molecule has 4 rings (SSSR count). The first-order valence-corrected chi connectivity index (χ1v) is 9.64. The summed E-state index contributed by atoms with van der Waals surface area (Å²) in [4.78, 5) is 23.6. The quantitative estimate of drug-likeness (QED) is 0.500. The van der Waals surface area contributed by atoms with Crippen molar-refractivity contribution in [2.75, 3.05) is 4.90 Å². The molecule has 1 aromatic carbocycles. The molecule has 136 valence electrons. The molecular weight excluding hydrogens is 382 g/mol. The molecule has 0 saturated carbocycles. The van der Waals surface area contributed by atoms with Crippen molar-refractivity contribution in [1.82, 2.24) is 19.7 Å². The number of halogens is 1. The zero-order valence-electron chi connectivity index (χ0n) is 14.5. The van der Waals surface area contributed by atoms with Crippen LogP contribution in [-0.4, -0.2) is 25.7 Å². The van der Waals surface area contributed by atoms with Crippen LogP contribution < -0.4 is 4.90 Å². The molecule has 0 spiro atoms. The summed E-state index contributed by atoms with van der Waals surface area (Å²) in [6.45, 7) is 3.03. The van der Waals surface area contributed by atoms with Gasteiger partial charge in [0.05, 0.1) is 16.3 Å². The van der Waals surface area contributed by atoms with E-state index in [1.807, 2.05) is 31.2 Å². The molecule has 27 heavy (non-hydrogen) atoms. The molecule has 0 radical (unpaired) electrons. The second-order valence-electron chi connectivity index (χ2n) is 5.89. The van der Waals surface area contributed by atoms with Crippen LogP contribution in [0.3, 0.4) is 0 Å². The molecule has 0 bridgehead atoms. The molecule has 0 saturated heterocycles. The van der Waals surface area contributed by atoms with E-state index in [2.05, 4.69) is 15.1 Å². The zero-order valence-corrected chi connectivity index (χ0v) is 16.1. The molecule has 0 aliphatic heterocycles. The molecule has 0 N–H and O–H groups in total. The number of benzene rings is 1. The molecule has 4 aromatic rings. The lowest BCUT2D eigenvalue weighted by atomic mass is 10.2. The van der Waals surface area contributed by atoms with E-state index in [0.717, 1.165) is 10.3 Å². The van der Waals surface area contributed by atoms with Gasteiger partial charge in [-0.15, -0.1) is 0 Å². The number of hydrogen-bond donors (Lipinski definition) is 0.